The van der Waals surface area contributed by atoms with Gasteiger partial charge in [0, 0.05) is 0 Å². The molecule has 0 fully saturated rings. The zero-order chi connectivity index (χ0) is 10.9. The smallest absolute Gasteiger partial charge is 0.0924 e. The van der Waals surface area contributed by atoms with Gasteiger partial charge in [0.05, 0.1) is 18.2 Å². The summed E-state index contributed by atoms with van der Waals surface area (Å²) in [6, 6.07) is 8.58. The topological polar surface area (TPSA) is 28.7 Å². The maximum atomic E-state index is 4.03. The van der Waals surface area contributed by atoms with Gasteiger partial charge in [-0.1, -0.05) is 39.0 Å². The van der Waals surface area contributed by atoms with Gasteiger partial charge in [-0.15, -0.1) is 0 Å². The van der Waals surface area contributed by atoms with Crippen molar-refractivity contribution in [2.75, 3.05) is 0 Å². The summed E-state index contributed by atoms with van der Waals surface area (Å²) in [5.74, 6) is 0. The van der Waals surface area contributed by atoms with Crippen LogP contribution >= 0.6 is 0 Å². The molecule has 2 aromatic rings. The number of benzene rings is 1. The molecule has 1 heterocycles. The van der Waals surface area contributed by atoms with Crippen LogP contribution in [0.1, 0.15) is 26.3 Å². The van der Waals surface area contributed by atoms with Crippen LogP contribution in [0.4, 0.5) is 0 Å². The standard InChI is InChI=1S/C13H16N2/c1-13(2,3)11-6-4-5-10(7-11)12-8-14-9-15-12/h4-9H,1-3H3,(H,14,15). The first-order valence-electron chi connectivity index (χ1n) is 5.17. The van der Waals surface area contributed by atoms with Crippen LogP contribution in [0.25, 0.3) is 11.3 Å². The highest BCUT2D eigenvalue weighted by Gasteiger charge is 2.13. The van der Waals surface area contributed by atoms with E-state index in [9.17, 15) is 0 Å². The highest BCUT2D eigenvalue weighted by molar-refractivity contribution is 5.59. The molecule has 0 saturated heterocycles. The molecule has 0 aliphatic carbocycles. The lowest BCUT2D eigenvalue weighted by Gasteiger charge is -2.19. The highest BCUT2D eigenvalue weighted by Crippen LogP contribution is 2.26. The summed E-state index contributed by atoms with van der Waals surface area (Å²) in [6.07, 6.45) is 3.56. The second-order valence-electron chi connectivity index (χ2n) is 4.80. The van der Waals surface area contributed by atoms with E-state index in [-0.39, 0.29) is 5.41 Å². The van der Waals surface area contributed by atoms with Crippen molar-refractivity contribution in [2.45, 2.75) is 26.2 Å². The van der Waals surface area contributed by atoms with Gasteiger partial charge >= 0.3 is 0 Å². The molecule has 0 atom stereocenters. The summed E-state index contributed by atoms with van der Waals surface area (Å²) in [6.45, 7) is 6.66. The van der Waals surface area contributed by atoms with Gasteiger partial charge in [-0.25, -0.2) is 4.98 Å². The number of hydrogen-bond acceptors (Lipinski definition) is 1. The van der Waals surface area contributed by atoms with Crippen LogP contribution in [0.15, 0.2) is 36.8 Å². The third-order valence-electron chi connectivity index (χ3n) is 2.54. The summed E-state index contributed by atoms with van der Waals surface area (Å²) in [5, 5.41) is 0. The first kappa shape index (κ1) is 9.97. The number of aromatic nitrogens is 2. The summed E-state index contributed by atoms with van der Waals surface area (Å²) in [5.41, 5.74) is 3.80. The molecule has 0 spiro atoms. The average molecular weight is 200 g/mol. The molecule has 0 amide bonds. The number of rotatable bonds is 1. The molecule has 2 nitrogen and oxygen atoms in total. The summed E-state index contributed by atoms with van der Waals surface area (Å²) >= 11 is 0. The first-order chi connectivity index (χ1) is 7.07. The molecular formula is C13H16N2. The lowest BCUT2D eigenvalue weighted by molar-refractivity contribution is 0.590. The Morgan fingerprint density at radius 3 is 2.60 bits per heavy atom. The van der Waals surface area contributed by atoms with Crippen molar-refractivity contribution in [1.29, 1.82) is 0 Å². The van der Waals surface area contributed by atoms with Gasteiger partial charge in [-0.3, -0.25) is 0 Å². The van der Waals surface area contributed by atoms with E-state index in [1.807, 2.05) is 6.20 Å². The Morgan fingerprint density at radius 1 is 1.20 bits per heavy atom. The zero-order valence-corrected chi connectivity index (χ0v) is 9.41. The second kappa shape index (κ2) is 3.54. The van der Waals surface area contributed by atoms with Crippen LogP contribution in [0, 0.1) is 0 Å². The summed E-state index contributed by atoms with van der Waals surface area (Å²) < 4.78 is 0. The van der Waals surface area contributed by atoms with Crippen molar-refractivity contribution in [2.24, 2.45) is 0 Å². The normalized spacial score (nSPS) is 11.7. The fraction of sp³-hybridized carbons (Fsp3) is 0.308. The van der Waals surface area contributed by atoms with E-state index in [1.54, 1.807) is 6.33 Å². The van der Waals surface area contributed by atoms with Crippen molar-refractivity contribution in [3.63, 3.8) is 0 Å². The second-order valence-corrected chi connectivity index (χ2v) is 4.80. The average Bonchev–Trinajstić information content (AvgIpc) is 2.69. The lowest BCUT2D eigenvalue weighted by Crippen LogP contribution is -2.10. The Hall–Kier alpha value is -1.57. The van der Waals surface area contributed by atoms with Gasteiger partial charge < -0.3 is 4.98 Å². The first-order valence-corrected chi connectivity index (χ1v) is 5.17. The maximum Gasteiger partial charge on any atom is 0.0924 e. The van der Waals surface area contributed by atoms with Gasteiger partial charge in [-0.2, -0.15) is 0 Å². The molecule has 1 aromatic carbocycles. The quantitative estimate of drug-likeness (QED) is 0.751. The summed E-state index contributed by atoms with van der Waals surface area (Å²) in [4.78, 5) is 7.16. The fourth-order valence-corrected chi connectivity index (χ4v) is 1.57. The molecule has 0 unspecified atom stereocenters. The van der Waals surface area contributed by atoms with Crippen molar-refractivity contribution in [3.8, 4) is 11.3 Å². The molecule has 15 heavy (non-hydrogen) atoms. The Balaban J connectivity index is 2.44. The molecule has 2 heteroatoms. The monoisotopic (exact) mass is 200 g/mol. The number of nitrogens with zero attached hydrogens (tertiary/aromatic N) is 1. The van der Waals surface area contributed by atoms with Gasteiger partial charge in [0.15, 0.2) is 0 Å². The van der Waals surface area contributed by atoms with Crippen LogP contribution in [-0.2, 0) is 5.41 Å². The van der Waals surface area contributed by atoms with E-state index in [0.717, 1.165) is 5.69 Å². The minimum absolute atomic E-state index is 0.191. The Bertz CT molecular complexity index is 436. The van der Waals surface area contributed by atoms with Gasteiger partial charge in [0.2, 0.25) is 0 Å². The van der Waals surface area contributed by atoms with Crippen LogP contribution in [-0.4, -0.2) is 9.97 Å². The molecule has 1 N–H and O–H groups in total. The number of nitrogens with one attached hydrogen (secondary N) is 1. The molecule has 1 aromatic heterocycles. The fourth-order valence-electron chi connectivity index (χ4n) is 1.57. The highest BCUT2D eigenvalue weighted by atomic mass is 14.9. The minimum atomic E-state index is 0.191. The largest absolute Gasteiger partial charge is 0.345 e. The van der Waals surface area contributed by atoms with E-state index in [1.165, 1.54) is 11.1 Å². The molecule has 0 saturated carbocycles. The van der Waals surface area contributed by atoms with E-state index < -0.39 is 0 Å². The van der Waals surface area contributed by atoms with Gasteiger partial charge in [-0.05, 0) is 22.6 Å². The van der Waals surface area contributed by atoms with Crippen molar-refractivity contribution in [1.82, 2.24) is 9.97 Å². The van der Waals surface area contributed by atoms with Crippen LogP contribution in [0.3, 0.4) is 0 Å². The molecular weight excluding hydrogens is 184 g/mol. The summed E-state index contributed by atoms with van der Waals surface area (Å²) in [7, 11) is 0. The van der Waals surface area contributed by atoms with Crippen LogP contribution in [0.2, 0.25) is 0 Å². The Labute approximate surface area is 90.4 Å². The number of H-pyrrole nitrogens is 1. The predicted molar refractivity (Wildman–Crippen MR) is 62.7 cm³/mol. The van der Waals surface area contributed by atoms with Crippen LogP contribution < -0.4 is 0 Å². The van der Waals surface area contributed by atoms with Crippen molar-refractivity contribution >= 4 is 0 Å². The third-order valence-corrected chi connectivity index (χ3v) is 2.54. The Morgan fingerprint density at radius 2 is 2.00 bits per heavy atom. The SMILES string of the molecule is CC(C)(C)c1cccc(-c2cnc[nH]2)c1. The number of hydrogen-bond donors (Lipinski definition) is 1. The molecule has 0 aliphatic heterocycles. The number of aromatic amines is 1. The van der Waals surface area contributed by atoms with Gasteiger partial charge in [0.25, 0.3) is 0 Å². The minimum Gasteiger partial charge on any atom is -0.345 e. The molecule has 2 rings (SSSR count). The molecule has 0 aliphatic rings. The van der Waals surface area contributed by atoms with Gasteiger partial charge in [0.1, 0.15) is 0 Å². The lowest BCUT2D eigenvalue weighted by atomic mass is 9.86. The van der Waals surface area contributed by atoms with E-state index in [4.69, 9.17) is 0 Å². The van der Waals surface area contributed by atoms with Crippen molar-refractivity contribution in [3.05, 3.63) is 42.4 Å². The molecule has 78 valence electrons. The van der Waals surface area contributed by atoms with E-state index in [2.05, 4.69) is 55.0 Å². The van der Waals surface area contributed by atoms with E-state index >= 15 is 0 Å². The molecule has 0 radical (unpaired) electrons. The van der Waals surface area contributed by atoms with E-state index in [0.29, 0.717) is 0 Å². The predicted octanol–water partition coefficient (Wildman–Crippen LogP) is 3.37. The zero-order valence-electron chi connectivity index (χ0n) is 9.41. The number of imidazole rings is 1. The van der Waals surface area contributed by atoms with Crippen molar-refractivity contribution < 1.29 is 0 Å². The molecule has 0 bridgehead atoms. The third kappa shape index (κ3) is 2.09. The Kier molecular flexibility index (Phi) is 2.35. The maximum absolute atomic E-state index is 4.03. The van der Waals surface area contributed by atoms with Crippen LogP contribution in [0.5, 0.6) is 0 Å².